The Morgan fingerprint density at radius 3 is 1.89 bits per heavy atom. The minimum atomic E-state index is 0.346. The molecular formula is C18H20O. The standard InChI is InChI=1S/C18H20O/c1-12-5-6-16(11-18(12)19)7-8-17-9-13(2)15(4)14(3)10-17/h5-11,19H,1-4H3. The maximum Gasteiger partial charge on any atom is 0.119 e. The summed E-state index contributed by atoms with van der Waals surface area (Å²) in [4.78, 5) is 0. The van der Waals surface area contributed by atoms with Crippen molar-refractivity contribution in [2.75, 3.05) is 0 Å². The fourth-order valence-electron chi connectivity index (χ4n) is 2.09. The topological polar surface area (TPSA) is 20.2 Å². The number of hydrogen-bond acceptors (Lipinski definition) is 1. The minimum absolute atomic E-state index is 0.346. The Balaban J connectivity index is 2.30. The molecule has 0 aliphatic rings. The van der Waals surface area contributed by atoms with Crippen molar-refractivity contribution in [3.63, 3.8) is 0 Å². The van der Waals surface area contributed by atoms with E-state index in [-0.39, 0.29) is 0 Å². The van der Waals surface area contributed by atoms with E-state index in [0.717, 1.165) is 11.1 Å². The van der Waals surface area contributed by atoms with Gasteiger partial charge in [-0.15, -0.1) is 0 Å². The minimum Gasteiger partial charge on any atom is -0.508 e. The van der Waals surface area contributed by atoms with E-state index in [0.29, 0.717) is 5.75 Å². The van der Waals surface area contributed by atoms with Gasteiger partial charge in [0.25, 0.3) is 0 Å². The van der Waals surface area contributed by atoms with E-state index in [1.54, 1.807) is 6.07 Å². The van der Waals surface area contributed by atoms with Gasteiger partial charge in [0.05, 0.1) is 0 Å². The average molecular weight is 252 g/mol. The monoisotopic (exact) mass is 252 g/mol. The van der Waals surface area contributed by atoms with Crippen molar-refractivity contribution >= 4 is 12.2 Å². The van der Waals surface area contributed by atoms with Crippen LogP contribution >= 0.6 is 0 Å². The highest BCUT2D eigenvalue weighted by Gasteiger charge is 1.99. The summed E-state index contributed by atoms with van der Waals surface area (Å²) >= 11 is 0. The first kappa shape index (κ1) is 13.4. The average Bonchev–Trinajstić information content (AvgIpc) is 2.37. The molecule has 0 atom stereocenters. The van der Waals surface area contributed by atoms with Crippen LogP contribution in [0.3, 0.4) is 0 Å². The molecule has 0 fully saturated rings. The van der Waals surface area contributed by atoms with Gasteiger partial charge in [-0.3, -0.25) is 0 Å². The molecule has 98 valence electrons. The predicted molar refractivity (Wildman–Crippen MR) is 82.4 cm³/mol. The second-order valence-corrected chi connectivity index (χ2v) is 5.16. The molecule has 1 heteroatoms. The Morgan fingerprint density at radius 1 is 0.737 bits per heavy atom. The van der Waals surface area contributed by atoms with E-state index in [9.17, 15) is 5.11 Å². The molecule has 0 saturated carbocycles. The van der Waals surface area contributed by atoms with Crippen molar-refractivity contribution in [1.29, 1.82) is 0 Å². The molecule has 1 N–H and O–H groups in total. The smallest absolute Gasteiger partial charge is 0.119 e. The van der Waals surface area contributed by atoms with E-state index >= 15 is 0 Å². The lowest BCUT2D eigenvalue weighted by Gasteiger charge is -2.06. The van der Waals surface area contributed by atoms with Crippen LogP contribution in [0.1, 0.15) is 33.4 Å². The van der Waals surface area contributed by atoms with E-state index in [1.165, 1.54) is 22.3 Å². The number of phenolic OH excluding ortho intramolecular Hbond substituents is 1. The molecule has 0 saturated heterocycles. The summed E-state index contributed by atoms with van der Waals surface area (Å²) in [6.45, 7) is 8.32. The van der Waals surface area contributed by atoms with Crippen LogP contribution in [-0.4, -0.2) is 5.11 Å². The molecule has 0 aromatic heterocycles. The summed E-state index contributed by atoms with van der Waals surface area (Å²) in [6.07, 6.45) is 4.12. The van der Waals surface area contributed by atoms with Gasteiger partial charge in [0.2, 0.25) is 0 Å². The molecule has 0 spiro atoms. The van der Waals surface area contributed by atoms with Crippen molar-refractivity contribution in [2.45, 2.75) is 27.7 Å². The first-order chi connectivity index (χ1) is 8.97. The summed E-state index contributed by atoms with van der Waals surface area (Å²) in [5, 5.41) is 9.69. The number of hydrogen-bond donors (Lipinski definition) is 1. The van der Waals surface area contributed by atoms with E-state index < -0.39 is 0 Å². The second-order valence-electron chi connectivity index (χ2n) is 5.16. The zero-order valence-corrected chi connectivity index (χ0v) is 12.0. The first-order valence-corrected chi connectivity index (χ1v) is 6.53. The van der Waals surface area contributed by atoms with E-state index in [2.05, 4.69) is 39.0 Å². The highest BCUT2D eigenvalue weighted by molar-refractivity contribution is 5.71. The third kappa shape index (κ3) is 3.05. The van der Waals surface area contributed by atoms with Crippen molar-refractivity contribution in [3.8, 4) is 5.75 Å². The fourth-order valence-corrected chi connectivity index (χ4v) is 2.09. The zero-order valence-electron chi connectivity index (χ0n) is 12.0. The summed E-state index contributed by atoms with van der Waals surface area (Å²) in [5.74, 6) is 0.346. The molecule has 2 aromatic rings. The van der Waals surface area contributed by atoms with E-state index in [1.807, 2.05) is 25.1 Å². The van der Waals surface area contributed by atoms with Gasteiger partial charge in [-0.2, -0.15) is 0 Å². The van der Waals surface area contributed by atoms with Crippen LogP contribution < -0.4 is 0 Å². The zero-order chi connectivity index (χ0) is 14.0. The molecule has 0 aliphatic carbocycles. The van der Waals surface area contributed by atoms with Crippen molar-refractivity contribution in [2.24, 2.45) is 0 Å². The quantitative estimate of drug-likeness (QED) is 0.761. The normalized spacial score (nSPS) is 11.2. The molecule has 0 heterocycles. The lowest BCUT2D eigenvalue weighted by Crippen LogP contribution is -1.87. The number of aryl methyl sites for hydroxylation is 3. The van der Waals surface area contributed by atoms with Gasteiger partial charge < -0.3 is 5.11 Å². The Bertz CT molecular complexity index is 613. The highest BCUT2D eigenvalue weighted by Crippen LogP contribution is 2.20. The Labute approximate surface area is 115 Å². The summed E-state index contributed by atoms with van der Waals surface area (Å²) in [5.41, 5.74) is 7.08. The van der Waals surface area contributed by atoms with Crippen LogP contribution in [0, 0.1) is 27.7 Å². The second kappa shape index (κ2) is 5.31. The molecule has 0 bridgehead atoms. The van der Waals surface area contributed by atoms with Gasteiger partial charge in [0, 0.05) is 0 Å². The van der Waals surface area contributed by atoms with Crippen molar-refractivity contribution in [3.05, 3.63) is 63.7 Å². The van der Waals surface area contributed by atoms with Gasteiger partial charge in [0.15, 0.2) is 0 Å². The summed E-state index contributed by atoms with van der Waals surface area (Å²) < 4.78 is 0. The van der Waals surface area contributed by atoms with Gasteiger partial charge >= 0.3 is 0 Å². The number of aromatic hydroxyl groups is 1. The summed E-state index contributed by atoms with van der Waals surface area (Å²) in [7, 11) is 0. The molecule has 0 aliphatic heterocycles. The number of rotatable bonds is 2. The third-order valence-electron chi connectivity index (χ3n) is 3.65. The maximum atomic E-state index is 9.69. The highest BCUT2D eigenvalue weighted by atomic mass is 16.3. The van der Waals surface area contributed by atoms with Crippen molar-refractivity contribution in [1.82, 2.24) is 0 Å². The molecule has 2 rings (SSSR count). The number of benzene rings is 2. The molecule has 19 heavy (non-hydrogen) atoms. The van der Waals surface area contributed by atoms with Crippen LogP contribution in [0.5, 0.6) is 5.75 Å². The van der Waals surface area contributed by atoms with Gasteiger partial charge in [-0.1, -0.05) is 36.4 Å². The largest absolute Gasteiger partial charge is 0.508 e. The molecular weight excluding hydrogens is 232 g/mol. The molecule has 1 nitrogen and oxygen atoms in total. The van der Waals surface area contributed by atoms with E-state index in [4.69, 9.17) is 0 Å². The van der Waals surface area contributed by atoms with Gasteiger partial charge in [0.1, 0.15) is 5.75 Å². The third-order valence-corrected chi connectivity index (χ3v) is 3.65. The van der Waals surface area contributed by atoms with Gasteiger partial charge in [-0.05, 0) is 67.1 Å². The Morgan fingerprint density at radius 2 is 1.32 bits per heavy atom. The number of phenols is 1. The Kier molecular flexibility index (Phi) is 3.75. The lowest BCUT2D eigenvalue weighted by atomic mass is 10.00. The Hall–Kier alpha value is -2.02. The molecule has 2 aromatic carbocycles. The van der Waals surface area contributed by atoms with Crippen molar-refractivity contribution < 1.29 is 5.11 Å². The van der Waals surface area contributed by atoms with Gasteiger partial charge in [-0.25, -0.2) is 0 Å². The predicted octanol–water partition coefficient (Wildman–Crippen LogP) is 4.80. The first-order valence-electron chi connectivity index (χ1n) is 6.53. The van der Waals surface area contributed by atoms with Crippen LogP contribution in [0.2, 0.25) is 0 Å². The molecule has 0 unspecified atom stereocenters. The fraction of sp³-hybridized carbons (Fsp3) is 0.222. The lowest BCUT2D eigenvalue weighted by molar-refractivity contribution is 0.471. The van der Waals surface area contributed by atoms with Crippen LogP contribution in [0.15, 0.2) is 30.3 Å². The summed E-state index contributed by atoms with van der Waals surface area (Å²) in [6, 6.07) is 10.1. The van der Waals surface area contributed by atoms with Crippen LogP contribution in [-0.2, 0) is 0 Å². The molecule has 0 amide bonds. The SMILES string of the molecule is Cc1ccc(C=Cc2cc(C)c(C)c(C)c2)cc1O. The van der Waals surface area contributed by atoms with Crippen LogP contribution in [0.25, 0.3) is 12.2 Å². The van der Waals surface area contributed by atoms with Crippen LogP contribution in [0.4, 0.5) is 0 Å². The molecule has 0 radical (unpaired) electrons. The maximum absolute atomic E-state index is 9.69.